The summed E-state index contributed by atoms with van der Waals surface area (Å²) in [6.45, 7) is 4.34. The van der Waals surface area contributed by atoms with E-state index in [0.717, 1.165) is 17.3 Å². The molecule has 0 radical (unpaired) electrons. The van der Waals surface area contributed by atoms with Gasteiger partial charge < -0.3 is 19.9 Å². The van der Waals surface area contributed by atoms with Crippen LogP contribution in [0.3, 0.4) is 0 Å². The molecule has 1 amide bonds. The fraction of sp³-hybridized carbons (Fsp3) is 0.333. The minimum Gasteiger partial charge on any atom is -0.504 e. The number of nitrogens with zero attached hydrogens (tertiary/aromatic N) is 1. The van der Waals surface area contributed by atoms with Crippen molar-refractivity contribution in [3.05, 3.63) is 40.4 Å². The van der Waals surface area contributed by atoms with Crippen molar-refractivity contribution in [1.82, 2.24) is 0 Å². The molecule has 2 N–H and O–H groups in total. The highest BCUT2D eigenvalue weighted by atomic mass is 79.9. The predicted octanol–water partition coefficient (Wildman–Crippen LogP) is 5.44. The van der Waals surface area contributed by atoms with Crippen molar-refractivity contribution < 1.29 is 19.4 Å². The van der Waals surface area contributed by atoms with Gasteiger partial charge in [0.1, 0.15) is 5.75 Å². The molecule has 2 aromatic carbocycles. The summed E-state index contributed by atoms with van der Waals surface area (Å²) in [5.41, 5.74) is 1.75. The quantitative estimate of drug-likeness (QED) is 0.500. The minimum absolute atomic E-state index is 0.0283. The van der Waals surface area contributed by atoms with Crippen LogP contribution in [0.2, 0.25) is 0 Å². The van der Waals surface area contributed by atoms with Gasteiger partial charge in [-0.3, -0.25) is 9.79 Å². The predicted molar refractivity (Wildman–Crippen MR) is 115 cm³/mol. The molecule has 2 aromatic rings. The molecule has 0 heterocycles. The Morgan fingerprint density at radius 2 is 2.04 bits per heavy atom. The van der Waals surface area contributed by atoms with Crippen LogP contribution in [0.25, 0.3) is 0 Å². The lowest BCUT2D eigenvalue weighted by Gasteiger charge is -2.11. The number of carbonyl (C=O) groups excluding carboxylic acids is 1. The lowest BCUT2D eigenvalue weighted by molar-refractivity contribution is -0.116. The Morgan fingerprint density at radius 3 is 2.71 bits per heavy atom. The summed E-state index contributed by atoms with van der Waals surface area (Å²) in [4.78, 5) is 16.4. The standard InChI is InChI=1S/C21H25BrN2O4/c1-4-6-7-20(25)24-17-9-8-16(12-18(17)27-3)23-13-14-10-15(22)11-19(21(14)26)28-5-2/h8-13,26H,4-7H2,1-3H3,(H,24,25). The van der Waals surface area contributed by atoms with Crippen LogP contribution in [0.5, 0.6) is 17.2 Å². The minimum atomic E-state index is -0.0427. The number of aromatic hydroxyl groups is 1. The Kier molecular flexibility index (Phi) is 8.32. The second kappa shape index (κ2) is 10.7. The molecule has 0 aliphatic heterocycles. The third kappa shape index (κ3) is 5.99. The van der Waals surface area contributed by atoms with Gasteiger partial charge in [0.15, 0.2) is 11.5 Å². The summed E-state index contributed by atoms with van der Waals surface area (Å²) in [5.74, 6) is 0.897. The number of unbranched alkanes of at least 4 members (excludes halogenated alkanes) is 1. The highest BCUT2D eigenvalue weighted by Crippen LogP contribution is 2.34. The van der Waals surface area contributed by atoms with E-state index in [9.17, 15) is 9.90 Å². The summed E-state index contributed by atoms with van der Waals surface area (Å²) in [6, 6.07) is 8.70. The fourth-order valence-electron chi connectivity index (χ4n) is 2.52. The lowest BCUT2D eigenvalue weighted by Crippen LogP contribution is -2.11. The highest BCUT2D eigenvalue weighted by Gasteiger charge is 2.10. The smallest absolute Gasteiger partial charge is 0.224 e. The Balaban J connectivity index is 2.22. The van der Waals surface area contributed by atoms with Crippen LogP contribution in [-0.4, -0.2) is 30.9 Å². The van der Waals surface area contributed by atoms with E-state index in [2.05, 4.69) is 26.2 Å². The number of hydrogen-bond donors (Lipinski definition) is 2. The molecule has 150 valence electrons. The molecule has 0 fully saturated rings. The van der Waals surface area contributed by atoms with Crippen molar-refractivity contribution in [2.45, 2.75) is 33.1 Å². The summed E-state index contributed by atoms with van der Waals surface area (Å²) in [7, 11) is 1.54. The van der Waals surface area contributed by atoms with Crippen LogP contribution in [0.15, 0.2) is 39.8 Å². The van der Waals surface area contributed by atoms with Gasteiger partial charge in [-0.25, -0.2) is 0 Å². The second-order valence-corrected chi connectivity index (χ2v) is 6.98. The Bertz CT molecular complexity index is 853. The van der Waals surface area contributed by atoms with Crippen LogP contribution in [0.1, 0.15) is 38.7 Å². The van der Waals surface area contributed by atoms with Crippen molar-refractivity contribution >= 4 is 39.4 Å². The van der Waals surface area contributed by atoms with Gasteiger partial charge in [-0.15, -0.1) is 0 Å². The van der Waals surface area contributed by atoms with Crippen molar-refractivity contribution in [1.29, 1.82) is 0 Å². The van der Waals surface area contributed by atoms with Crippen LogP contribution < -0.4 is 14.8 Å². The first-order valence-electron chi connectivity index (χ1n) is 9.15. The number of hydrogen-bond acceptors (Lipinski definition) is 5. The van der Waals surface area contributed by atoms with Gasteiger partial charge in [-0.1, -0.05) is 29.3 Å². The average molecular weight is 449 g/mol. The zero-order valence-electron chi connectivity index (χ0n) is 16.3. The number of halogens is 1. The molecule has 0 saturated heterocycles. The molecule has 0 spiro atoms. The molecule has 0 bridgehead atoms. The van der Waals surface area contributed by atoms with E-state index in [-0.39, 0.29) is 11.7 Å². The number of amides is 1. The van der Waals surface area contributed by atoms with Crippen molar-refractivity contribution in [2.24, 2.45) is 4.99 Å². The number of ether oxygens (including phenoxy) is 2. The van der Waals surface area contributed by atoms with E-state index in [1.165, 1.54) is 0 Å². The number of aliphatic imine (C=N–C) groups is 1. The maximum atomic E-state index is 11.9. The molecular weight excluding hydrogens is 424 g/mol. The van der Waals surface area contributed by atoms with E-state index in [4.69, 9.17) is 9.47 Å². The first-order valence-corrected chi connectivity index (χ1v) is 9.95. The first kappa shape index (κ1) is 21.8. The molecular formula is C21H25BrN2O4. The summed E-state index contributed by atoms with van der Waals surface area (Å²) in [6.07, 6.45) is 3.84. The fourth-order valence-corrected chi connectivity index (χ4v) is 2.97. The van der Waals surface area contributed by atoms with Crippen LogP contribution in [-0.2, 0) is 4.79 Å². The van der Waals surface area contributed by atoms with Gasteiger partial charge in [0, 0.05) is 28.7 Å². The maximum Gasteiger partial charge on any atom is 0.224 e. The van der Waals surface area contributed by atoms with Crippen LogP contribution >= 0.6 is 15.9 Å². The third-order valence-corrected chi connectivity index (χ3v) is 4.40. The van der Waals surface area contributed by atoms with E-state index in [0.29, 0.717) is 41.5 Å². The third-order valence-electron chi connectivity index (χ3n) is 3.94. The van der Waals surface area contributed by atoms with Gasteiger partial charge in [0.05, 0.1) is 25.1 Å². The highest BCUT2D eigenvalue weighted by molar-refractivity contribution is 9.10. The van der Waals surface area contributed by atoms with Gasteiger partial charge in [-0.05, 0) is 37.6 Å². The number of phenols is 1. The van der Waals surface area contributed by atoms with Crippen LogP contribution in [0.4, 0.5) is 11.4 Å². The summed E-state index contributed by atoms with van der Waals surface area (Å²) >= 11 is 3.40. The molecule has 0 aliphatic carbocycles. The van der Waals surface area contributed by atoms with Crippen molar-refractivity contribution in [3.63, 3.8) is 0 Å². The number of carbonyl (C=O) groups is 1. The molecule has 0 aromatic heterocycles. The molecule has 0 atom stereocenters. The molecule has 0 saturated carbocycles. The molecule has 0 unspecified atom stereocenters. The lowest BCUT2D eigenvalue weighted by atomic mass is 10.2. The average Bonchev–Trinajstić information content (AvgIpc) is 2.68. The Morgan fingerprint density at radius 1 is 1.25 bits per heavy atom. The monoisotopic (exact) mass is 448 g/mol. The van der Waals surface area contributed by atoms with Gasteiger partial charge in [0.2, 0.25) is 5.91 Å². The molecule has 28 heavy (non-hydrogen) atoms. The van der Waals surface area contributed by atoms with Gasteiger partial charge >= 0.3 is 0 Å². The van der Waals surface area contributed by atoms with E-state index >= 15 is 0 Å². The van der Waals surface area contributed by atoms with Crippen molar-refractivity contribution in [2.75, 3.05) is 19.0 Å². The SMILES string of the molecule is CCCCC(=O)Nc1ccc(N=Cc2cc(Br)cc(OCC)c2O)cc1OC. The number of benzene rings is 2. The topological polar surface area (TPSA) is 80.2 Å². The van der Waals surface area contributed by atoms with Crippen molar-refractivity contribution in [3.8, 4) is 17.2 Å². The first-order chi connectivity index (χ1) is 13.5. The maximum absolute atomic E-state index is 11.9. The Labute approximate surface area is 173 Å². The second-order valence-electron chi connectivity index (χ2n) is 6.07. The Hall–Kier alpha value is -2.54. The van der Waals surface area contributed by atoms with E-state index < -0.39 is 0 Å². The molecule has 6 nitrogen and oxygen atoms in total. The molecule has 2 rings (SSSR count). The summed E-state index contributed by atoms with van der Waals surface area (Å²) in [5, 5.41) is 13.2. The largest absolute Gasteiger partial charge is 0.504 e. The van der Waals surface area contributed by atoms with Gasteiger partial charge in [0.25, 0.3) is 0 Å². The number of methoxy groups -OCH3 is 1. The number of anilines is 1. The zero-order valence-corrected chi connectivity index (χ0v) is 17.9. The van der Waals surface area contributed by atoms with E-state index in [1.807, 2.05) is 13.8 Å². The van der Waals surface area contributed by atoms with Crippen LogP contribution in [0, 0.1) is 0 Å². The molecule has 7 heteroatoms. The normalized spacial score (nSPS) is 10.9. The number of rotatable bonds is 9. The zero-order chi connectivity index (χ0) is 20.5. The summed E-state index contributed by atoms with van der Waals surface area (Å²) < 4.78 is 11.6. The molecule has 0 aliphatic rings. The van der Waals surface area contributed by atoms with Gasteiger partial charge in [-0.2, -0.15) is 0 Å². The number of phenolic OH excluding ortho intramolecular Hbond substituents is 1. The van der Waals surface area contributed by atoms with E-state index in [1.54, 1.807) is 43.7 Å². The number of nitrogens with one attached hydrogen (secondary N) is 1.